The first-order chi connectivity index (χ1) is 12.8. The molecule has 4 aliphatic rings. The Bertz CT molecular complexity index is 691. The second-order valence-electron chi connectivity index (χ2n) is 9.30. The zero-order valence-corrected chi connectivity index (χ0v) is 17.1. The third-order valence-corrected chi connectivity index (χ3v) is 7.29. The standard InChI is InChI=1S/C23H32N2O2/c1-6-11-27-19-9-7-18(8-10-19)20-24-12-22(16(2)3)13-25(20)15-23(14-24,17(4)5)21(22)26/h6-10,16-17,20H,1,11-15H2,2-5H3. The Hall–Kier alpha value is -1.65. The third kappa shape index (κ3) is 2.60. The van der Waals surface area contributed by atoms with Crippen LogP contribution in [-0.2, 0) is 4.79 Å². The molecule has 0 radical (unpaired) electrons. The molecule has 4 bridgehead atoms. The number of benzene rings is 1. The van der Waals surface area contributed by atoms with Crippen molar-refractivity contribution >= 4 is 5.78 Å². The first-order valence-electron chi connectivity index (χ1n) is 10.2. The maximum Gasteiger partial charge on any atom is 0.150 e. The predicted octanol–water partition coefficient (Wildman–Crippen LogP) is 3.75. The number of ether oxygens (including phenoxy) is 1. The Balaban J connectivity index is 1.66. The summed E-state index contributed by atoms with van der Waals surface area (Å²) in [6, 6.07) is 8.45. The predicted molar refractivity (Wildman–Crippen MR) is 108 cm³/mol. The van der Waals surface area contributed by atoms with Gasteiger partial charge in [-0.3, -0.25) is 14.6 Å². The topological polar surface area (TPSA) is 32.8 Å². The van der Waals surface area contributed by atoms with Crippen LogP contribution >= 0.6 is 0 Å². The Morgan fingerprint density at radius 1 is 1.04 bits per heavy atom. The van der Waals surface area contributed by atoms with Gasteiger partial charge in [-0.1, -0.05) is 52.5 Å². The third-order valence-electron chi connectivity index (χ3n) is 7.29. The van der Waals surface area contributed by atoms with Gasteiger partial charge in [0, 0.05) is 26.2 Å². The van der Waals surface area contributed by atoms with Gasteiger partial charge in [0.05, 0.1) is 17.0 Å². The van der Waals surface area contributed by atoms with E-state index in [1.807, 2.05) is 12.1 Å². The van der Waals surface area contributed by atoms with Crippen LogP contribution in [0.5, 0.6) is 5.75 Å². The van der Waals surface area contributed by atoms with E-state index in [1.54, 1.807) is 6.08 Å². The summed E-state index contributed by atoms with van der Waals surface area (Å²) in [7, 11) is 0. The van der Waals surface area contributed by atoms with Crippen LogP contribution in [0.15, 0.2) is 36.9 Å². The van der Waals surface area contributed by atoms with Crippen molar-refractivity contribution in [3.8, 4) is 5.75 Å². The minimum Gasteiger partial charge on any atom is -0.490 e. The van der Waals surface area contributed by atoms with Crippen molar-refractivity contribution in [3.05, 3.63) is 42.5 Å². The molecule has 4 heteroatoms. The van der Waals surface area contributed by atoms with Gasteiger partial charge in [-0.15, -0.1) is 0 Å². The average Bonchev–Trinajstić information content (AvgIpc) is 2.63. The van der Waals surface area contributed by atoms with Crippen LogP contribution in [0.25, 0.3) is 0 Å². The maximum atomic E-state index is 13.6. The lowest BCUT2D eigenvalue weighted by Crippen LogP contribution is -2.78. The summed E-state index contributed by atoms with van der Waals surface area (Å²) < 4.78 is 5.63. The quantitative estimate of drug-likeness (QED) is 0.716. The first-order valence-corrected chi connectivity index (χ1v) is 10.2. The molecule has 0 atom stereocenters. The fourth-order valence-electron chi connectivity index (χ4n) is 5.59. The Labute approximate surface area is 163 Å². The van der Waals surface area contributed by atoms with Gasteiger partial charge in [-0.2, -0.15) is 0 Å². The second-order valence-corrected chi connectivity index (χ2v) is 9.30. The minimum absolute atomic E-state index is 0.218. The minimum atomic E-state index is -0.218. The Morgan fingerprint density at radius 2 is 1.52 bits per heavy atom. The Morgan fingerprint density at radius 3 is 1.93 bits per heavy atom. The van der Waals surface area contributed by atoms with E-state index < -0.39 is 0 Å². The fourth-order valence-corrected chi connectivity index (χ4v) is 5.59. The van der Waals surface area contributed by atoms with E-state index in [4.69, 9.17) is 4.74 Å². The van der Waals surface area contributed by atoms with Crippen molar-refractivity contribution in [2.45, 2.75) is 33.9 Å². The van der Waals surface area contributed by atoms with E-state index in [0.717, 1.165) is 31.9 Å². The van der Waals surface area contributed by atoms with E-state index >= 15 is 0 Å². The molecule has 0 N–H and O–H groups in total. The lowest BCUT2D eigenvalue weighted by atomic mass is 9.53. The van der Waals surface area contributed by atoms with E-state index in [9.17, 15) is 4.79 Å². The first kappa shape index (κ1) is 18.7. The highest BCUT2D eigenvalue weighted by Gasteiger charge is 2.67. The zero-order valence-electron chi connectivity index (χ0n) is 17.1. The van der Waals surface area contributed by atoms with Crippen LogP contribution in [0.3, 0.4) is 0 Å². The number of ketones is 1. The molecule has 1 aromatic rings. The van der Waals surface area contributed by atoms with Crippen LogP contribution < -0.4 is 4.74 Å². The summed E-state index contributed by atoms with van der Waals surface area (Å²) in [6.07, 6.45) is 2.03. The molecule has 0 saturated carbocycles. The van der Waals surface area contributed by atoms with Crippen LogP contribution in [-0.4, -0.2) is 48.4 Å². The van der Waals surface area contributed by atoms with Crippen LogP contribution in [0, 0.1) is 22.7 Å². The SMILES string of the molecule is C=CCOc1ccc(C2N3CC4(C(C)C)CN2CC(C(C)C)(C3)C4=O)cc1. The molecule has 4 heterocycles. The second kappa shape index (κ2) is 6.46. The van der Waals surface area contributed by atoms with Gasteiger partial charge < -0.3 is 4.74 Å². The molecule has 0 amide bonds. The van der Waals surface area contributed by atoms with Crippen molar-refractivity contribution in [2.75, 3.05) is 32.8 Å². The monoisotopic (exact) mass is 368 g/mol. The lowest BCUT2D eigenvalue weighted by Gasteiger charge is -2.68. The van der Waals surface area contributed by atoms with Crippen molar-refractivity contribution in [2.24, 2.45) is 22.7 Å². The van der Waals surface area contributed by atoms with E-state index in [0.29, 0.717) is 24.2 Å². The van der Waals surface area contributed by atoms with Gasteiger partial charge in [-0.25, -0.2) is 0 Å². The number of rotatable bonds is 6. The zero-order chi connectivity index (χ0) is 19.4. The highest BCUT2D eigenvalue weighted by molar-refractivity contribution is 5.94. The van der Waals surface area contributed by atoms with Crippen LogP contribution in [0.4, 0.5) is 0 Å². The van der Waals surface area contributed by atoms with Crippen LogP contribution in [0.2, 0.25) is 0 Å². The van der Waals surface area contributed by atoms with Gasteiger partial charge in [0.25, 0.3) is 0 Å². The van der Waals surface area contributed by atoms with E-state index in [-0.39, 0.29) is 17.0 Å². The van der Waals surface area contributed by atoms with Crippen molar-refractivity contribution in [1.29, 1.82) is 0 Å². The summed E-state index contributed by atoms with van der Waals surface area (Å²) in [5.74, 6) is 2.13. The Kier molecular flexibility index (Phi) is 4.47. The molecule has 146 valence electrons. The molecule has 4 fully saturated rings. The number of nitrogens with zero attached hydrogens (tertiary/aromatic N) is 2. The van der Waals surface area contributed by atoms with Gasteiger partial charge >= 0.3 is 0 Å². The number of carbonyl (C=O) groups is 1. The van der Waals surface area contributed by atoms with Gasteiger partial charge in [0.2, 0.25) is 0 Å². The lowest BCUT2D eigenvalue weighted by molar-refractivity contribution is -0.217. The highest BCUT2D eigenvalue weighted by Crippen LogP contribution is 2.57. The summed E-state index contributed by atoms with van der Waals surface area (Å²) in [5.41, 5.74) is 0.860. The maximum absolute atomic E-state index is 13.6. The molecule has 0 aliphatic carbocycles. The molecule has 0 unspecified atom stereocenters. The molecule has 4 saturated heterocycles. The normalized spacial score (nSPS) is 37.3. The number of carbonyl (C=O) groups excluding carboxylic acids is 1. The molecular weight excluding hydrogens is 336 g/mol. The molecule has 4 nitrogen and oxygen atoms in total. The number of piperidine rings is 2. The van der Waals surface area contributed by atoms with Crippen molar-refractivity contribution in [3.63, 3.8) is 0 Å². The molecule has 0 spiro atoms. The summed E-state index contributed by atoms with van der Waals surface area (Å²) in [6.45, 7) is 16.7. The molecule has 1 aromatic carbocycles. The van der Waals surface area contributed by atoms with Crippen LogP contribution in [0.1, 0.15) is 39.4 Å². The summed E-state index contributed by atoms with van der Waals surface area (Å²) in [5, 5.41) is 0. The average molecular weight is 369 g/mol. The van der Waals surface area contributed by atoms with E-state index in [2.05, 4.69) is 56.2 Å². The molecule has 0 aromatic heterocycles. The molecule has 5 rings (SSSR count). The molecular formula is C23H32N2O2. The summed E-state index contributed by atoms with van der Waals surface area (Å²) >= 11 is 0. The van der Waals surface area contributed by atoms with Crippen molar-refractivity contribution in [1.82, 2.24) is 9.80 Å². The number of Topliss-reactive ketones (excluding diaryl/α,β-unsaturated/α-hetero) is 1. The molecule has 27 heavy (non-hydrogen) atoms. The van der Waals surface area contributed by atoms with E-state index in [1.165, 1.54) is 5.56 Å². The van der Waals surface area contributed by atoms with Gasteiger partial charge in [0.1, 0.15) is 12.4 Å². The smallest absolute Gasteiger partial charge is 0.150 e. The number of hydrogen-bond acceptors (Lipinski definition) is 4. The summed E-state index contributed by atoms with van der Waals surface area (Å²) in [4.78, 5) is 18.7. The highest BCUT2D eigenvalue weighted by atomic mass is 16.5. The largest absolute Gasteiger partial charge is 0.490 e. The number of hydrogen-bond donors (Lipinski definition) is 0. The molecule has 4 aliphatic heterocycles. The fraction of sp³-hybridized carbons (Fsp3) is 0.609. The van der Waals surface area contributed by atoms with Gasteiger partial charge in [-0.05, 0) is 29.5 Å². The van der Waals surface area contributed by atoms with Gasteiger partial charge in [0.15, 0.2) is 5.78 Å². The van der Waals surface area contributed by atoms with Crippen molar-refractivity contribution < 1.29 is 9.53 Å².